The van der Waals surface area contributed by atoms with Crippen LogP contribution in [-0.4, -0.2) is 28.7 Å². The van der Waals surface area contributed by atoms with Gasteiger partial charge in [0.1, 0.15) is 5.69 Å². The minimum atomic E-state index is -0.575. The van der Waals surface area contributed by atoms with Gasteiger partial charge in [-0.2, -0.15) is 0 Å². The van der Waals surface area contributed by atoms with Gasteiger partial charge >= 0.3 is 0 Å². The van der Waals surface area contributed by atoms with Crippen LogP contribution in [0.3, 0.4) is 0 Å². The van der Waals surface area contributed by atoms with Crippen LogP contribution in [0.4, 0.5) is 0 Å². The normalized spacial score (nSPS) is 12.2. The summed E-state index contributed by atoms with van der Waals surface area (Å²) >= 11 is 6.30. The zero-order valence-corrected chi connectivity index (χ0v) is 14.1. The molecule has 0 spiro atoms. The van der Waals surface area contributed by atoms with Crippen LogP contribution in [0.2, 0.25) is 5.02 Å². The fourth-order valence-electron chi connectivity index (χ4n) is 2.71. The lowest BCUT2D eigenvalue weighted by Crippen LogP contribution is -2.34. The molecule has 6 heteroatoms. The Balaban J connectivity index is 2.34. The van der Waals surface area contributed by atoms with Gasteiger partial charge in [-0.15, -0.1) is 0 Å². The van der Waals surface area contributed by atoms with Crippen molar-refractivity contribution >= 4 is 23.4 Å². The molecule has 122 valence electrons. The predicted octanol–water partition coefficient (Wildman–Crippen LogP) is 3.24. The first kappa shape index (κ1) is 17.1. The maximum atomic E-state index is 12.7. The fourth-order valence-corrected chi connectivity index (χ4v) is 2.95. The molecule has 2 aromatic rings. The quantitative estimate of drug-likeness (QED) is 0.881. The van der Waals surface area contributed by atoms with Crippen molar-refractivity contribution in [1.82, 2.24) is 9.88 Å². The van der Waals surface area contributed by atoms with E-state index in [4.69, 9.17) is 17.3 Å². The van der Waals surface area contributed by atoms with Crippen LogP contribution in [0.25, 0.3) is 0 Å². The van der Waals surface area contributed by atoms with Crippen LogP contribution in [0.1, 0.15) is 46.3 Å². The largest absolute Gasteiger partial charge is 0.366 e. The van der Waals surface area contributed by atoms with E-state index in [1.807, 2.05) is 38.1 Å². The number of benzene rings is 1. The Morgan fingerprint density at radius 2 is 1.91 bits per heavy atom. The van der Waals surface area contributed by atoms with E-state index in [2.05, 4.69) is 4.98 Å². The third-order valence-corrected chi connectivity index (χ3v) is 4.14. The lowest BCUT2D eigenvalue weighted by Gasteiger charge is -2.32. The number of halogens is 1. The van der Waals surface area contributed by atoms with Crippen molar-refractivity contribution in [3.8, 4) is 0 Å². The molecule has 1 atom stereocenters. The Morgan fingerprint density at radius 3 is 2.43 bits per heavy atom. The highest BCUT2D eigenvalue weighted by Crippen LogP contribution is 2.33. The summed E-state index contributed by atoms with van der Waals surface area (Å²) in [5.74, 6) is -0.639. The molecule has 0 aliphatic carbocycles. The molecule has 1 heterocycles. The zero-order valence-electron chi connectivity index (χ0n) is 13.3. The second kappa shape index (κ2) is 6.87. The van der Waals surface area contributed by atoms with Crippen LogP contribution >= 0.6 is 11.6 Å². The molecule has 0 fully saturated rings. The van der Waals surface area contributed by atoms with Crippen LogP contribution in [0, 0.1) is 5.92 Å². The molecule has 0 unspecified atom stereocenters. The molecule has 0 aliphatic rings. The van der Waals surface area contributed by atoms with E-state index in [9.17, 15) is 9.59 Å². The summed E-state index contributed by atoms with van der Waals surface area (Å²) in [4.78, 5) is 28.3. The molecule has 0 saturated carbocycles. The maximum absolute atomic E-state index is 12.7. The molecule has 0 aliphatic heterocycles. The van der Waals surface area contributed by atoms with Crippen molar-refractivity contribution < 1.29 is 9.59 Å². The van der Waals surface area contributed by atoms with Crippen LogP contribution in [-0.2, 0) is 0 Å². The number of H-pyrrole nitrogens is 1. The number of nitrogens with zero attached hydrogens (tertiary/aromatic N) is 1. The number of carbonyl (C=O) groups is 2. The number of hydrogen-bond acceptors (Lipinski definition) is 2. The van der Waals surface area contributed by atoms with E-state index in [0.717, 1.165) is 5.56 Å². The summed E-state index contributed by atoms with van der Waals surface area (Å²) in [6.45, 7) is 4.06. The Labute approximate surface area is 140 Å². The second-order valence-electron chi connectivity index (χ2n) is 5.79. The number of aromatic amines is 1. The highest BCUT2D eigenvalue weighted by atomic mass is 35.5. The molecule has 1 aromatic carbocycles. The predicted molar refractivity (Wildman–Crippen MR) is 90.4 cm³/mol. The first-order chi connectivity index (χ1) is 10.8. The monoisotopic (exact) mass is 333 g/mol. The molecule has 3 N–H and O–H groups in total. The molecule has 2 rings (SSSR count). The summed E-state index contributed by atoms with van der Waals surface area (Å²) in [5.41, 5.74) is 6.71. The molecule has 0 saturated heterocycles. The molecule has 2 amide bonds. The van der Waals surface area contributed by atoms with Gasteiger partial charge in [-0.25, -0.2) is 0 Å². The average Bonchev–Trinajstić information content (AvgIpc) is 2.98. The van der Waals surface area contributed by atoms with Gasteiger partial charge in [-0.3, -0.25) is 9.59 Å². The van der Waals surface area contributed by atoms with Gasteiger partial charge in [0, 0.05) is 18.3 Å². The Bertz CT molecular complexity index is 724. The van der Waals surface area contributed by atoms with Crippen molar-refractivity contribution in [2.45, 2.75) is 19.9 Å². The summed E-state index contributed by atoms with van der Waals surface area (Å²) in [6, 6.07) is 8.76. The summed E-state index contributed by atoms with van der Waals surface area (Å²) in [7, 11) is 1.72. The third-order valence-electron chi connectivity index (χ3n) is 3.79. The number of nitrogens with two attached hydrogens (primary N) is 1. The molecule has 0 radical (unpaired) electrons. The minimum absolute atomic E-state index is 0.162. The lowest BCUT2D eigenvalue weighted by atomic mass is 9.94. The van der Waals surface area contributed by atoms with E-state index in [-0.39, 0.29) is 23.4 Å². The van der Waals surface area contributed by atoms with E-state index < -0.39 is 5.91 Å². The summed E-state index contributed by atoms with van der Waals surface area (Å²) in [6.07, 6.45) is 1.43. The van der Waals surface area contributed by atoms with Crippen molar-refractivity contribution in [2.75, 3.05) is 7.05 Å². The topological polar surface area (TPSA) is 79.2 Å². The van der Waals surface area contributed by atoms with Crippen molar-refractivity contribution in [2.24, 2.45) is 11.7 Å². The Kier molecular flexibility index (Phi) is 5.11. The molecule has 5 nitrogen and oxygen atoms in total. The molecule has 1 aromatic heterocycles. The fraction of sp³-hybridized carbons (Fsp3) is 0.294. The number of carbonyl (C=O) groups excluding carboxylic acids is 2. The highest BCUT2D eigenvalue weighted by Gasteiger charge is 2.28. The number of nitrogens with one attached hydrogen (secondary N) is 1. The minimum Gasteiger partial charge on any atom is -0.366 e. The second-order valence-corrected chi connectivity index (χ2v) is 6.20. The van der Waals surface area contributed by atoms with Crippen molar-refractivity contribution in [1.29, 1.82) is 0 Å². The van der Waals surface area contributed by atoms with Gasteiger partial charge in [-0.1, -0.05) is 43.6 Å². The smallest absolute Gasteiger partial charge is 0.270 e. The maximum Gasteiger partial charge on any atom is 0.270 e. The Hall–Kier alpha value is -2.27. The van der Waals surface area contributed by atoms with Gasteiger partial charge in [0.2, 0.25) is 5.91 Å². The van der Waals surface area contributed by atoms with E-state index >= 15 is 0 Å². The molecular formula is C17H20ClN3O2. The van der Waals surface area contributed by atoms with Gasteiger partial charge in [0.15, 0.2) is 0 Å². The molecule has 23 heavy (non-hydrogen) atoms. The number of rotatable bonds is 5. The van der Waals surface area contributed by atoms with Gasteiger partial charge in [0.25, 0.3) is 5.91 Å². The zero-order chi connectivity index (χ0) is 17.1. The highest BCUT2D eigenvalue weighted by molar-refractivity contribution is 6.31. The first-order valence-electron chi connectivity index (χ1n) is 7.32. The van der Waals surface area contributed by atoms with E-state index in [1.165, 1.54) is 12.3 Å². The van der Waals surface area contributed by atoms with Crippen LogP contribution < -0.4 is 5.73 Å². The van der Waals surface area contributed by atoms with Crippen molar-refractivity contribution in [3.05, 3.63) is 58.4 Å². The Morgan fingerprint density at radius 1 is 1.26 bits per heavy atom. The molecule has 0 bridgehead atoms. The summed E-state index contributed by atoms with van der Waals surface area (Å²) < 4.78 is 0. The van der Waals surface area contributed by atoms with Gasteiger partial charge in [-0.05, 0) is 23.6 Å². The SMILES string of the molecule is CC(C)[C@@H](c1ccccc1Cl)N(C)C(=O)c1cc(C(N)=O)c[nH]1. The van der Waals surface area contributed by atoms with Crippen LogP contribution in [0.15, 0.2) is 36.5 Å². The number of aromatic nitrogens is 1. The third kappa shape index (κ3) is 3.56. The lowest BCUT2D eigenvalue weighted by molar-refractivity contribution is 0.0682. The average molecular weight is 334 g/mol. The molecular weight excluding hydrogens is 314 g/mol. The summed E-state index contributed by atoms with van der Waals surface area (Å²) in [5, 5.41) is 0.621. The van der Waals surface area contributed by atoms with E-state index in [0.29, 0.717) is 10.7 Å². The van der Waals surface area contributed by atoms with E-state index in [1.54, 1.807) is 11.9 Å². The van der Waals surface area contributed by atoms with Crippen LogP contribution in [0.5, 0.6) is 0 Å². The standard InChI is InChI=1S/C17H20ClN3O2/c1-10(2)15(12-6-4-5-7-13(12)18)21(3)17(23)14-8-11(9-20-14)16(19)22/h4-10,15,20H,1-3H3,(H2,19,22)/t15-/m0/s1. The van der Waals surface area contributed by atoms with Crippen molar-refractivity contribution in [3.63, 3.8) is 0 Å². The number of primary amides is 1. The first-order valence-corrected chi connectivity index (χ1v) is 7.70. The van der Waals surface area contributed by atoms with Gasteiger partial charge in [0.05, 0.1) is 11.6 Å². The number of hydrogen-bond donors (Lipinski definition) is 2. The number of amides is 2. The van der Waals surface area contributed by atoms with Gasteiger partial charge < -0.3 is 15.6 Å².